The maximum absolute atomic E-state index is 12.0. The number of methoxy groups -OCH3 is 1. The van der Waals surface area contributed by atoms with E-state index in [0.29, 0.717) is 11.3 Å². The smallest absolute Gasteiger partial charge is 0.220 e. The number of hydrogen-bond donors (Lipinski definition) is 1. The lowest BCUT2D eigenvalue weighted by molar-refractivity contribution is 0.415. The van der Waals surface area contributed by atoms with E-state index in [1.54, 1.807) is 30.0 Å². The third-order valence-electron chi connectivity index (χ3n) is 4.48. The largest absolute Gasteiger partial charge is 0.504 e. The topological polar surface area (TPSA) is 64.3 Å². The van der Waals surface area contributed by atoms with Crippen LogP contribution in [-0.4, -0.2) is 22.0 Å². The minimum Gasteiger partial charge on any atom is -0.504 e. The Morgan fingerprint density at radius 1 is 0.893 bits per heavy atom. The second-order valence-electron chi connectivity index (χ2n) is 6.24. The SMILES string of the molecule is COc1ccc(-c2cc(-c3ccccc(=O)c3O)nn2-c2ccccc2)cc1. The molecule has 1 heterocycles. The predicted octanol–water partition coefficient (Wildman–Crippen LogP) is 4.28. The van der Waals surface area contributed by atoms with E-state index in [0.717, 1.165) is 22.7 Å². The number of benzene rings is 2. The first-order valence-electron chi connectivity index (χ1n) is 8.80. The highest BCUT2D eigenvalue weighted by Gasteiger charge is 2.16. The minimum atomic E-state index is -0.444. The zero-order chi connectivity index (χ0) is 19.5. The van der Waals surface area contributed by atoms with Crippen molar-refractivity contribution in [3.8, 4) is 39.7 Å². The molecule has 4 rings (SSSR count). The van der Waals surface area contributed by atoms with Gasteiger partial charge in [0.1, 0.15) is 5.75 Å². The fraction of sp³-hybridized carbons (Fsp3) is 0.0435. The molecule has 5 heteroatoms. The van der Waals surface area contributed by atoms with Gasteiger partial charge in [0.15, 0.2) is 5.75 Å². The molecule has 0 aliphatic rings. The Morgan fingerprint density at radius 3 is 2.29 bits per heavy atom. The summed E-state index contributed by atoms with van der Waals surface area (Å²) in [5.74, 6) is 0.447. The van der Waals surface area contributed by atoms with Crippen molar-refractivity contribution in [3.63, 3.8) is 0 Å². The van der Waals surface area contributed by atoms with Gasteiger partial charge in [-0.2, -0.15) is 5.10 Å². The molecule has 0 fully saturated rings. The summed E-state index contributed by atoms with van der Waals surface area (Å²) in [6.07, 6.45) is 0. The maximum Gasteiger partial charge on any atom is 0.220 e. The summed E-state index contributed by atoms with van der Waals surface area (Å²) in [6, 6.07) is 25.6. The summed E-state index contributed by atoms with van der Waals surface area (Å²) in [5.41, 5.74) is 3.11. The third kappa shape index (κ3) is 3.25. The van der Waals surface area contributed by atoms with Crippen LogP contribution in [-0.2, 0) is 0 Å². The molecule has 1 N–H and O–H groups in total. The summed E-state index contributed by atoms with van der Waals surface area (Å²) in [5, 5.41) is 15.0. The van der Waals surface area contributed by atoms with E-state index in [9.17, 15) is 9.90 Å². The van der Waals surface area contributed by atoms with Crippen molar-refractivity contribution in [2.75, 3.05) is 7.11 Å². The van der Waals surface area contributed by atoms with Crippen LogP contribution >= 0.6 is 0 Å². The van der Waals surface area contributed by atoms with E-state index in [1.807, 2.05) is 60.7 Å². The van der Waals surface area contributed by atoms with Gasteiger partial charge in [0, 0.05) is 11.1 Å². The predicted molar refractivity (Wildman–Crippen MR) is 109 cm³/mol. The number of aromatic hydroxyl groups is 1. The molecule has 0 radical (unpaired) electrons. The van der Waals surface area contributed by atoms with E-state index < -0.39 is 5.43 Å². The van der Waals surface area contributed by atoms with Crippen LogP contribution < -0.4 is 10.2 Å². The van der Waals surface area contributed by atoms with Crippen molar-refractivity contribution in [3.05, 3.63) is 95.2 Å². The van der Waals surface area contributed by atoms with E-state index in [4.69, 9.17) is 4.74 Å². The second-order valence-corrected chi connectivity index (χ2v) is 6.24. The summed E-state index contributed by atoms with van der Waals surface area (Å²) >= 11 is 0. The van der Waals surface area contributed by atoms with Gasteiger partial charge < -0.3 is 9.84 Å². The lowest BCUT2D eigenvalue weighted by Crippen LogP contribution is -1.99. The molecule has 0 saturated heterocycles. The van der Waals surface area contributed by atoms with Gasteiger partial charge in [-0.1, -0.05) is 30.3 Å². The molecule has 0 saturated carbocycles. The fourth-order valence-corrected chi connectivity index (χ4v) is 3.04. The number of rotatable bonds is 4. The first-order chi connectivity index (χ1) is 13.7. The van der Waals surface area contributed by atoms with Gasteiger partial charge in [0.05, 0.1) is 24.2 Å². The van der Waals surface area contributed by atoms with Crippen molar-refractivity contribution in [1.29, 1.82) is 0 Å². The van der Waals surface area contributed by atoms with Crippen LogP contribution in [0.2, 0.25) is 0 Å². The first-order valence-corrected chi connectivity index (χ1v) is 8.80. The molecule has 0 amide bonds. The molecule has 138 valence electrons. The lowest BCUT2D eigenvalue weighted by atomic mass is 10.1. The van der Waals surface area contributed by atoms with Gasteiger partial charge in [-0.25, -0.2) is 4.68 Å². The quantitative estimate of drug-likeness (QED) is 0.582. The van der Waals surface area contributed by atoms with Gasteiger partial charge in [0.2, 0.25) is 5.43 Å². The van der Waals surface area contributed by atoms with Crippen LogP contribution in [0, 0.1) is 0 Å². The van der Waals surface area contributed by atoms with Gasteiger partial charge >= 0.3 is 0 Å². The van der Waals surface area contributed by atoms with Crippen molar-refractivity contribution < 1.29 is 9.84 Å². The molecule has 28 heavy (non-hydrogen) atoms. The Bertz CT molecular complexity index is 1170. The number of hydrogen-bond acceptors (Lipinski definition) is 4. The van der Waals surface area contributed by atoms with E-state index in [2.05, 4.69) is 5.10 Å². The summed E-state index contributed by atoms with van der Waals surface area (Å²) < 4.78 is 7.04. The van der Waals surface area contributed by atoms with Crippen LogP contribution in [0.25, 0.3) is 28.2 Å². The van der Waals surface area contributed by atoms with Gasteiger partial charge in [0.25, 0.3) is 0 Å². The normalized spacial score (nSPS) is 10.6. The molecule has 0 unspecified atom stereocenters. The number of nitrogens with zero attached hydrogens (tertiary/aromatic N) is 2. The maximum atomic E-state index is 12.0. The van der Waals surface area contributed by atoms with Crippen LogP contribution in [0.15, 0.2) is 89.7 Å². The summed E-state index contributed by atoms with van der Waals surface area (Å²) in [6.45, 7) is 0. The van der Waals surface area contributed by atoms with Crippen molar-refractivity contribution in [1.82, 2.24) is 9.78 Å². The van der Waals surface area contributed by atoms with Gasteiger partial charge in [-0.3, -0.25) is 4.79 Å². The molecule has 0 spiro atoms. The lowest BCUT2D eigenvalue weighted by Gasteiger charge is -2.08. The van der Waals surface area contributed by atoms with Gasteiger partial charge in [-0.15, -0.1) is 0 Å². The molecule has 4 aromatic rings. The molecule has 5 nitrogen and oxygen atoms in total. The highest BCUT2D eigenvalue weighted by molar-refractivity contribution is 5.73. The Kier molecular flexibility index (Phi) is 4.64. The zero-order valence-electron chi connectivity index (χ0n) is 15.2. The molecule has 0 aliphatic carbocycles. The summed E-state index contributed by atoms with van der Waals surface area (Å²) in [7, 11) is 1.63. The van der Waals surface area contributed by atoms with Crippen LogP contribution in [0.4, 0.5) is 0 Å². The highest BCUT2D eigenvalue weighted by Crippen LogP contribution is 2.32. The average molecular weight is 370 g/mol. The number of aromatic nitrogens is 2. The molecule has 0 atom stereocenters. The molecular weight excluding hydrogens is 352 g/mol. The minimum absolute atomic E-state index is 0.316. The fourth-order valence-electron chi connectivity index (χ4n) is 3.04. The van der Waals surface area contributed by atoms with E-state index in [-0.39, 0.29) is 5.75 Å². The standard InChI is InChI=1S/C23H18N2O3/c1-28-18-13-11-16(12-14-18)21-15-20(19-9-5-6-10-22(26)23(19)27)24-25(21)17-7-3-2-4-8-17/h2-15H,1H3,(H,26,27). The van der Waals surface area contributed by atoms with Crippen molar-refractivity contribution in [2.24, 2.45) is 0 Å². The van der Waals surface area contributed by atoms with Crippen LogP contribution in [0.1, 0.15) is 0 Å². The van der Waals surface area contributed by atoms with Crippen LogP contribution in [0.5, 0.6) is 11.5 Å². The molecule has 3 aromatic carbocycles. The third-order valence-corrected chi connectivity index (χ3v) is 4.48. The Balaban J connectivity index is 1.94. The number of ether oxygens (including phenoxy) is 1. The Hall–Kier alpha value is -3.86. The monoisotopic (exact) mass is 370 g/mol. The molecule has 1 aromatic heterocycles. The van der Waals surface area contributed by atoms with Crippen molar-refractivity contribution >= 4 is 0 Å². The Morgan fingerprint density at radius 2 is 1.57 bits per heavy atom. The molecule has 0 aliphatic heterocycles. The zero-order valence-corrected chi connectivity index (χ0v) is 15.2. The Labute approximate surface area is 162 Å². The van der Waals surface area contributed by atoms with Gasteiger partial charge in [-0.05, 0) is 54.6 Å². The highest BCUT2D eigenvalue weighted by atomic mass is 16.5. The second kappa shape index (κ2) is 7.40. The van der Waals surface area contributed by atoms with E-state index in [1.165, 1.54) is 6.07 Å². The molecular formula is C23H18N2O3. The first kappa shape index (κ1) is 17.5. The van der Waals surface area contributed by atoms with Crippen LogP contribution in [0.3, 0.4) is 0 Å². The average Bonchev–Trinajstić information content (AvgIpc) is 3.11. The number of para-hydroxylation sites is 1. The van der Waals surface area contributed by atoms with E-state index >= 15 is 0 Å². The summed E-state index contributed by atoms with van der Waals surface area (Å²) in [4.78, 5) is 12.0. The van der Waals surface area contributed by atoms with Crippen molar-refractivity contribution in [2.45, 2.75) is 0 Å². The molecule has 0 bridgehead atoms.